The molecule has 0 bridgehead atoms. The zero-order valence-electron chi connectivity index (χ0n) is 19.0. The average molecular weight is 432 g/mol. The summed E-state index contributed by atoms with van der Waals surface area (Å²) in [6.07, 6.45) is 1.20. The zero-order valence-corrected chi connectivity index (χ0v) is 19.0. The maximum Gasteiger partial charge on any atom is 0.336 e. The summed E-state index contributed by atoms with van der Waals surface area (Å²) in [5.74, 6) is -0.155. The summed E-state index contributed by atoms with van der Waals surface area (Å²) in [6.45, 7) is 6.50. The Balaban J connectivity index is 1.74. The lowest BCUT2D eigenvalue weighted by Crippen LogP contribution is -2.38. The fraction of sp³-hybridized carbons (Fsp3) is 0.333. The van der Waals surface area contributed by atoms with Gasteiger partial charge in [-0.05, 0) is 42.0 Å². The maximum absolute atomic E-state index is 13.3. The third-order valence-corrected chi connectivity index (χ3v) is 6.08. The van der Waals surface area contributed by atoms with Crippen molar-refractivity contribution in [3.8, 4) is 5.75 Å². The number of ketones is 1. The van der Waals surface area contributed by atoms with Crippen LogP contribution in [0.4, 0.5) is 0 Å². The third kappa shape index (κ3) is 4.33. The van der Waals surface area contributed by atoms with Crippen molar-refractivity contribution >= 4 is 11.8 Å². The molecule has 1 N–H and O–H groups in total. The lowest BCUT2D eigenvalue weighted by molar-refractivity contribution is -0.136. The van der Waals surface area contributed by atoms with Crippen LogP contribution in [0.15, 0.2) is 77.1 Å². The average Bonchev–Trinajstić information content (AvgIpc) is 2.76. The molecule has 2 aromatic carbocycles. The van der Waals surface area contributed by atoms with Crippen molar-refractivity contribution in [3.63, 3.8) is 0 Å². The largest absolute Gasteiger partial charge is 0.489 e. The fourth-order valence-corrected chi connectivity index (χ4v) is 4.67. The van der Waals surface area contributed by atoms with Gasteiger partial charge in [0.05, 0.1) is 12.7 Å². The van der Waals surface area contributed by atoms with Gasteiger partial charge in [0.15, 0.2) is 5.78 Å². The highest BCUT2D eigenvalue weighted by atomic mass is 16.5. The molecular weight excluding hydrogens is 402 g/mol. The number of nitrogens with one attached hydrogen (secondary N) is 1. The normalized spacial score (nSPS) is 19.9. The number of hydrogen-bond acceptors (Lipinski definition) is 5. The number of dihydropyridines is 1. The first kappa shape index (κ1) is 21.9. The summed E-state index contributed by atoms with van der Waals surface area (Å²) in [5, 5.41) is 3.34. The zero-order chi connectivity index (χ0) is 22.9. The van der Waals surface area contributed by atoms with Crippen LogP contribution in [0.2, 0.25) is 0 Å². The summed E-state index contributed by atoms with van der Waals surface area (Å²) in [4.78, 5) is 26.1. The molecule has 1 atom stereocenters. The van der Waals surface area contributed by atoms with E-state index in [1.165, 1.54) is 7.11 Å². The van der Waals surface area contributed by atoms with Gasteiger partial charge in [-0.2, -0.15) is 0 Å². The van der Waals surface area contributed by atoms with Crippen LogP contribution in [-0.4, -0.2) is 18.9 Å². The Kier molecular flexibility index (Phi) is 5.92. The molecule has 1 aliphatic heterocycles. The smallest absolute Gasteiger partial charge is 0.336 e. The van der Waals surface area contributed by atoms with E-state index in [1.807, 2.05) is 61.5 Å². The quantitative estimate of drug-likeness (QED) is 0.672. The maximum atomic E-state index is 13.3. The van der Waals surface area contributed by atoms with E-state index in [0.717, 1.165) is 28.9 Å². The molecule has 32 heavy (non-hydrogen) atoms. The van der Waals surface area contributed by atoms with E-state index in [1.54, 1.807) is 0 Å². The summed E-state index contributed by atoms with van der Waals surface area (Å²) < 4.78 is 11.1. The molecule has 1 heterocycles. The number of Topliss-reactive ketones (excluding diaryl/α,β-unsaturated/α-hetero) is 1. The summed E-state index contributed by atoms with van der Waals surface area (Å²) in [5.41, 5.74) is 4.54. The van der Waals surface area contributed by atoms with E-state index in [4.69, 9.17) is 9.47 Å². The summed E-state index contributed by atoms with van der Waals surface area (Å²) in [7, 11) is 1.37. The van der Waals surface area contributed by atoms with E-state index in [0.29, 0.717) is 29.9 Å². The van der Waals surface area contributed by atoms with Gasteiger partial charge in [-0.15, -0.1) is 0 Å². The summed E-state index contributed by atoms with van der Waals surface area (Å²) in [6, 6.07) is 17.6. The Hall–Kier alpha value is -3.34. The van der Waals surface area contributed by atoms with Crippen molar-refractivity contribution in [3.05, 3.63) is 88.3 Å². The Labute approximate surface area is 189 Å². The van der Waals surface area contributed by atoms with Crippen molar-refractivity contribution in [1.29, 1.82) is 0 Å². The van der Waals surface area contributed by atoms with Crippen molar-refractivity contribution in [2.75, 3.05) is 7.11 Å². The number of hydrogen-bond donors (Lipinski definition) is 1. The van der Waals surface area contributed by atoms with Crippen LogP contribution >= 0.6 is 0 Å². The van der Waals surface area contributed by atoms with E-state index < -0.39 is 11.9 Å². The summed E-state index contributed by atoms with van der Waals surface area (Å²) >= 11 is 0. The molecule has 5 heteroatoms. The molecule has 0 saturated heterocycles. The van der Waals surface area contributed by atoms with Crippen molar-refractivity contribution in [1.82, 2.24) is 5.32 Å². The van der Waals surface area contributed by atoms with Gasteiger partial charge in [-0.3, -0.25) is 4.79 Å². The first-order chi connectivity index (χ1) is 15.3. The molecule has 0 spiro atoms. The van der Waals surface area contributed by atoms with Gasteiger partial charge >= 0.3 is 5.97 Å². The highest BCUT2D eigenvalue weighted by molar-refractivity contribution is 6.04. The van der Waals surface area contributed by atoms with Gasteiger partial charge in [-0.1, -0.05) is 56.3 Å². The molecule has 4 rings (SSSR count). The number of methoxy groups -OCH3 is 1. The fourth-order valence-electron chi connectivity index (χ4n) is 4.67. The lowest BCUT2D eigenvalue weighted by Gasteiger charge is -2.39. The lowest BCUT2D eigenvalue weighted by atomic mass is 9.68. The number of allylic oxidation sites excluding steroid dienone is 3. The Morgan fingerprint density at radius 3 is 2.56 bits per heavy atom. The van der Waals surface area contributed by atoms with E-state index >= 15 is 0 Å². The second-order valence-electron chi connectivity index (χ2n) is 9.27. The second kappa shape index (κ2) is 8.65. The molecule has 0 aromatic heterocycles. The van der Waals surface area contributed by atoms with Gasteiger partial charge in [0, 0.05) is 29.3 Å². The number of carbonyl (C=O) groups is 2. The molecule has 0 radical (unpaired) electrons. The number of esters is 1. The molecule has 0 amide bonds. The van der Waals surface area contributed by atoms with Crippen LogP contribution in [0.5, 0.6) is 5.75 Å². The van der Waals surface area contributed by atoms with Gasteiger partial charge in [0.25, 0.3) is 0 Å². The first-order valence-corrected chi connectivity index (χ1v) is 10.9. The molecule has 0 fully saturated rings. The van der Waals surface area contributed by atoms with Crippen LogP contribution in [0.3, 0.4) is 0 Å². The predicted octanol–water partition coefficient (Wildman–Crippen LogP) is 5.04. The van der Waals surface area contributed by atoms with E-state index in [9.17, 15) is 9.59 Å². The van der Waals surface area contributed by atoms with Gasteiger partial charge < -0.3 is 14.8 Å². The van der Waals surface area contributed by atoms with Crippen molar-refractivity contribution in [2.24, 2.45) is 5.41 Å². The highest BCUT2D eigenvalue weighted by Gasteiger charge is 2.43. The number of carbonyl (C=O) groups excluding carboxylic acids is 2. The second-order valence-corrected chi connectivity index (χ2v) is 9.27. The minimum Gasteiger partial charge on any atom is -0.489 e. The highest BCUT2D eigenvalue weighted by Crippen LogP contribution is 2.47. The van der Waals surface area contributed by atoms with Crippen LogP contribution in [0.25, 0.3) is 0 Å². The molecule has 166 valence electrons. The Morgan fingerprint density at radius 2 is 1.84 bits per heavy atom. The van der Waals surface area contributed by atoms with E-state index in [2.05, 4.69) is 19.2 Å². The number of ether oxygens (including phenoxy) is 2. The van der Waals surface area contributed by atoms with Crippen molar-refractivity contribution in [2.45, 2.75) is 46.1 Å². The molecule has 2 aromatic rings. The van der Waals surface area contributed by atoms with Gasteiger partial charge in [0.1, 0.15) is 12.4 Å². The number of benzene rings is 2. The van der Waals surface area contributed by atoms with Gasteiger partial charge in [-0.25, -0.2) is 4.79 Å². The molecule has 2 aliphatic rings. The predicted molar refractivity (Wildman–Crippen MR) is 123 cm³/mol. The topological polar surface area (TPSA) is 64.6 Å². The number of rotatable bonds is 5. The van der Waals surface area contributed by atoms with Gasteiger partial charge in [0.2, 0.25) is 0 Å². The van der Waals surface area contributed by atoms with E-state index in [-0.39, 0.29) is 11.2 Å². The monoisotopic (exact) mass is 431 g/mol. The third-order valence-electron chi connectivity index (χ3n) is 6.08. The molecular formula is C27H29NO4. The molecule has 0 saturated carbocycles. The Morgan fingerprint density at radius 1 is 1.09 bits per heavy atom. The van der Waals surface area contributed by atoms with Crippen LogP contribution in [-0.2, 0) is 20.9 Å². The standard InChI is InChI=1S/C27H29NO4/c1-17-23(26(30)31-4)24(25-21(28-17)14-27(2,3)15-22(25)29)19-11-8-12-20(13-19)32-16-18-9-6-5-7-10-18/h5-13,24,28H,14-16H2,1-4H3/t24-/m0/s1. The van der Waals surface area contributed by atoms with Crippen LogP contribution in [0, 0.1) is 5.41 Å². The minimum atomic E-state index is -0.484. The van der Waals surface area contributed by atoms with Crippen LogP contribution in [0.1, 0.15) is 50.7 Å². The van der Waals surface area contributed by atoms with Crippen LogP contribution < -0.4 is 10.1 Å². The molecule has 0 unspecified atom stereocenters. The molecule has 5 nitrogen and oxygen atoms in total. The minimum absolute atomic E-state index is 0.0678. The Bertz CT molecular complexity index is 1110. The van der Waals surface area contributed by atoms with Crippen molar-refractivity contribution < 1.29 is 19.1 Å². The first-order valence-electron chi connectivity index (χ1n) is 10.9. The molecule has 1 aliphatic carbocycles. The SMILES string of the molecule is COC(=O)C1=C(C)NC2=C(C(=O)CC(C)(C)C2)[C@H]1c1cccc(OCc2ccccc2)c1.